The van der Waals surface area contributed by atoms with Gasteiger partial charge in [0.1, 0.15) is 24.3 Å². The first kappa shape index (κ1) is 19.7. The van der Waals surface area contributed by atoms with Gasteiger partial charge in [0, 0.05) is 18.1 Å². The van der Waals surface area contributed by atoms with Gasteiger partial charge >= 0.3 is 0 Å². The predicted octanol–water partition coefficient (Wildman–Crippen LogP) is 4.52. The Morgan fingerprint density at radius 3 is 2.77 bits per heavy atom. The minimum absolute atomic E-state index is 0.247. The lowest BCUT2D eigenvalue weighted by atomic mass is 9.68. The van der Waals surface area contributed by atoms with Gasteiger partial charge in [0.25, 0.3) is 0 Å². The van der Waals surface area contributed by atoms with Crippen LogP contribution in [0.5, 0.6) is 5.75 Å². The maximum absolute atomic E-state index is 10.5. The van der Waals surface area contributed by atoms with Crippen LogP contribution < -0.4 is 15.0 Å². The Morgan fingerprint density at radius 1 is 1.19 bits per heavy atom. The third-order valence-electron chi connectivity index (χ3n) is 6.58. The minimum atomic E-state index is -0.562. The quantitative estimate of drug-likeness (QED) is 0.538. The number of nitrogens with zero attached hydrogens (tertiary/aromatic N) is 3. The van der Waals surface area contributed by atoms with Gasteiger partial charge in [-0.1, -0.05) is 37.3 Å². The van der Waals surface area contributed by atoms with E-state index in [-0.39, 0.29) is 5.92 Å². The van der Waals surface area contributed by atoms with Crippen molar-refractivity contribution >= 4 is 23.9 Å². The number of rotatable bonds is 6. The lowest BCUT2D eigenvalue weighted by Gasteiger charge is -2.43. The van der Waals surface area contributed by atoms with Crippen LogP contribution in [0.1, 0.15) is 31.7 Å². The number of aliphatic imine (C=N–C) groups is 2. The molecule has 3 N–H and O–H groups in total. The molecule has 5 rings (SSSR count). The number of aliphatic hydroxyl groups is 1. The number of nitrogens with two attached hydrogens (primary N) is 1. The number of hydrogen-bond donors (Lipinski definition) is 2. The molecule has 1 unspecified atom stereocenters. The zero-order valence-electron chi connectivity index (χ0n) is 17.6. The third kappa shape index (κ3) is 3.38. The van der Waals surface area contributed by atoms with E-state index in [4.69, 9.17) is 15.5 Å². The van der Waals surface area contributed by atoms with Gasteiger partial charge in [0.05, 0.1) is 23.7 Å². The van der Waals surface area contributed by atoms with E-state index in [1.165, 1.54) is 0 Å². The van der Waals surface area contributed by atoms with E-state index in [1.54, 1.807) is 6.20 Å². The molecular weight excluding hydrogens is 388 g/mol. The molecule has 31 heavy (non-hydrogen) atoms. The number of fused-ring (bicyclic) bond motifs is 1. The maximum Gasteiger partial charge on any atom is 0.205 e. The minimum Gasteiger partial charge on any atom is -0.487 e. The highest BCUT2D eigenvalue weighted by atomic mass is 16.5. The van der Waals surface area contributed by atoms with Crippen molar-refractivity contribution in [2.45, 2.75) is 38.4 Å². The summed E-state index contributed by atoms with van der Waals surface area (Å²) in [5, 5.41) is 10.5. The highest BCUT2D eigenvalue weighted by molar-refractivity contribution is 5.98. The number of allylic oxidation sites excluding steroid dienone is 2. The second kappa shape index (κ2) is 7.48. The summed E-state index contributed by atoms with van der Waals surface area (Å²) in [4.78, 5) is 9.17. The Morgan fingerprint density at radius 2 is 2.00 bits per heavy atom. The Balaban J connectivity index is 1.46. The Kier molecular flexibility index (Phi) is 4.76. The monoisotopic (exact) mass is 415 g/mol. The topological polar surface area (TPSA) is 80.2 Å². The van der Waals surface area contributed by atoms with E-state index in [0.717, 1.165) is 41.9 Å². The molecule has 1 aliphatic carbocycles. The zero-order chi connectivity index (χ0) is 21.5. The summed E-state index contributed by atoms with van der Waals surface area (Å²) in [5.74, 6) is 0.895. The van der Waals surface area contributed by atoms with Crippen LogP contribution in [0.15, 0.2) is 82.3 Å². The smallest absolute Gasteiger partial charge is 0.205 e. The summed E-state index contributed by atoms with van der Waals surface area (Å²) in [7, 11) is 0. The molecule has 2 aliphatic heterocycles. The lowest BCUT2D eigenvalue weighted by molar-refractivity contribution is -0.0649. The standard InChI is InChI=1S/C25H27N4O2/c1-2-25(30)13-19(14-25)24-22-15-27-10-11-29(22,17-28-24)20-8-9-21(26)23(12-20)31-16-18-6-4-3-5-7-18/h3-12,15,17,19,30H,2,13-14,16,26H2,1H3/q+1. The fraction of sp³-hybridized carbons (Fsp3) is 0.280. The summed E-state index contributed by atoms with van der Waals surface area (Å²) < 4.78 is 6.41. The molecule has 0 bridgehead atoms. The van der Waals surface area contributed by atoms with Crippen LogP contribution in [-0.2, 0) is 6.61 Å². The average molecular weight is 416 g/mol. The first-order valence-electron chi connectivity index (χ1n) is 10.7. The van der Waals surface area contributed by atoms with Gasteiger partial charge in [-0.15, -0.1) is 0 Å². The van der Waals surface area contributed by atoms with Crippen molar-refractivity contribution < 1.29 is 9.84 Å². The van der Waals surface area contributed by atoms with Gasteiger partial charge in [-0.3, -0.25) is 4.99 Å². The molecule has 1 saturated carbocycles. The van der Waals surface area contributed by atoms with Crippen LogP contribution in [0.4, 0.5) is 11.4 Å². The molecule has 0 amide bonds. The number of benzene rings is 2. The number of quaternary nitrogens is 1. The summed E-state index contributed by atoms with van der Waals surface area (Å²) in [6.07, 6.45) is 9.87. The summed E-state index contributed by atoms with van der Waals surface area (Å²) in [6, 6.07) is 15.9. The Bertz CT molecular complexity index is 1110. The SMILES string of the molecule is CCC1(O)CC(C2=C3C=NC=C[N+]3(c3ccc(N)c(OCc4ccccc4)c3)C=N2)C1. The fourth-order valence-corrected chi connectivity index (χ4v) is 4.57. The molecule has 6 heteroatoms. The molecule has 1 fully saturated rings. The van der Waals surface area contributed by atoms with Gasteiger partial charge in [-0.05, 0) is 30.9 Å². The highest BCUT2D eigenvalue weighted by Crippen LogP contribution is 2.49. The molecule has 0 spiro atoms. The van der Waals surface area contributed by atoms with Crippen LogP contribution in [0.3, 0.4) is 0 Å². The molecule has 2 aromatic rings. The van der Waals surface area contributed by atoms with Crippen LogP contribution >= 0.6 is 0 Å². The molecule has 0 aromatic heterocycles. The van der Waals surface area contributed by atoms with E-state index in [0.29, 0.717) is 22.5 Å². The van der Waals surface area contributed by atoms with Crippen LogP contribution in [0, 0.1) is 5.92 Å². The first-order valence-corrected chi connectivity index (χ1v) is 10.7. The Labute approximate surface area is 182 Å². The van der Waals surface area contributed by atoms with E-state index >= 15 is 0 Å². The number of ether oxygens (including phenoxy) is 1. The van der Waals surface area contributed by atoms with E-state index in [9.17, 15) is 5.11 Å². The maximum atomic E-state index is 10.5. The van der Waals surface area contributed by atoms with Crippen LogP contribution in [0.2, 0.25) is 0 Å². The van der Waals surface area contributed by atoms with Gasteiger partial charge in [-0.2, -0.15) is 4.48 Å². The lowest BCUT2D eigenvalue weighted by Crippen LogP contribution is -2.45. The fourth-order valence-electron chi connectivity index (χ4n) is 4.57. The molecule has 2 aromatic carbocycles. The van der Waals surface area contributed by atoms with Crippen molar-refractivity contribution in [2.24, 2.45) is 15.9 Å². The molecule has 3 aliphatic rings. The van der Waals surface area contributed by atoms with Gasteiger partial charge in [0.15, 0.2) is 11.4 Å². The van der Waals surface area contributed by atoms with Crippen molar-refractivity contribution in [3.63, 3.8) is 0 Å². The second-order valence-corrected chi connectivity index (χ2v) is 8.55. The normalized spacial score (nSPS) is 28.5. The summed E-state index contributed by atoms with van der Waals surface area (Å²) in [5.41, 5.74) is 10.4. The largest absolute Gasteiger partial charge is 0.487 e. The molecule has 1 atom stereocenters. The number of nitrogen functional groups attached to an aromatic ring is 1. The number of anilines is 1. The van der Waals surface area contributed by atoms with Crippen molar-refractivity contribution in [1.82, 2.24) is 4.48 Å². The molecule has 0 saturated heterocycles. The summed E-state index contributed by atoms with van der Waals surface area (Å²) in [6.45, 7) is 2.48. The van der Waals surface area contributed by atoms with Crippen LogP contribution in [-0.4, -0.2) is 23.3 Å². The second-order valence-electron chi connectivity index (χ2n) is 8.55. The molecule has 2 heterocycles. The predicted molar refractivity (Wildman–Crippen MR) is 125 cm³/mol. The van der Waals surface area contributed by atoms with E-state index in [2.05, 4.69) is 4.99 Å². The zero-order valence-corrected chi connectivity index (χ0v) is 17.6. The van der Waals surface area contributed by atoms with Crippen molar-refractivity contribution in [3.05, 3.63) is 77.9 Å². The van der Waals surface area contributed by atoms with Gasteiger partial charge < -0.3 is 15.6 Å². The number of hydrogen-bond acceptors (Lipinski definition) is 5. The molecule has 0 radical (unpaired) electrons. The van der Waals surface area contributed by atoms with Crippen molar-refractivity contribution in [3.8, 4) is 5.75 Å². The van der Waals surface area contributed by atoms with Crippen molar-refractivity contribution in [2.75, 3.05) is 5.73 Å². The third-order valence-corrected chi connectivity index (χ3v) is 6.58. The molecular formula is C25H27N4O2+. The average Bonchev–Trinajstić information content (AvgIpc) is 3.17. The molecule has 158 valence electrons. The van der Waals surface area contributed by atoms with E-state index < -0.39 is 5.60 Å². The first-order chi connectivity index (χ1) is 15.0. The Hall–Kier alpha value is -3.22. The van der Waals surface area contributed by atoms with Crippen LogP contribution in [0.25, 0.3) is 0 Å². The molecule has 6 nitrogen and oxygen atoms in total. The van der Waals surface area contributed by atoms with Crippen molar-refractivity contribution in [1.29, 1.82) is 0 Å². The highest BCUT2D eigenvalue weighted by Gasteiger charge is 2.49. The van der Waals surface area contributed by atoms with E-state index in [1.807, 2.05) is 74.2 Å². The summed E-state index contributed by atoms with van der Waals surface area (Å²) >= 11 is 0. The van der Waals surface area contributed by atoms with Gasteiger partial charge in [0.2, 0.25) is 6.34 Å². The van der Waals surface area contributed by atoms with Gasteiger partial charge in [-0.25, -0.2) is 4.99 Å².